The number of hydrogen-bond donors (Lipinski definition) is 2. The minimum atomic E-state index is -0.684. The Morgan fingerprint density at radius 3 is 2.85 bits per heavy atom. The Labute approximate surface area is 198 Å². The molecular weight excluding hydrogens is 465 g/mol. The van der Waals surface area contributed by atoms with Crippen molar-refractivity contribution in [2.45, 2.75) is 43.7 Å². The van der Waals surface area contributed by atoms with E-state index in [1.807, 2.05) is 0 Å². The van der Waals surface area contributed by atoms with Gasteiger partial charge in [-0.1, -0.05) is 17.7 Å². The zero-order valence-corrected chi connectivity index (χ0v) is 18.7. The highest BCUT2D eigenvalue weighted by Crippen LogP contribution is 2.38. The van der Waals surface area contributed by atoms with Crippen LogP contribution >= 0.6 is 11.6 Å². The first-order valence-electron chi connectivity index (χ1n) is 10.7. The van der Waals surface area contributed by atoms with Crippen LogP contribution in [0.2, 0.25) is 5.02 Å². The minimum Gasteiger partial charge on any atom is -0.487 e. The Hall–Kier alpha value is -3.73. The van der Waals surface area contributed by atoms with Gasteiger partial charge in [-0.15, -0.1) is 5.10 Å². The molecule has 5 rings (SSSR count). The molecule has 0 bridgehead atoms. The highest BCUT2D eigenvalue weighted by molar-refractivity contribution is 6.30. The van der Waals surface area contributed by atoms with E-state index in [9.17, 15) is 9.18 Å². The molecule has 0 atom stereocenters. The van der Waals surface area contributed by atoms with Gasteiger partial charge in [0.1, 0.15) is 5.82 Å². The predicted molar refractivity (Wildman–Crippen MR) is 121 cm³/mol. The van der Waals surface area contributed by atoms with Crippen molar-refractivity contribution in [3.63, 3.8) is 0 Å². The van der Waals surface area contributed by atoms with Crippen LogP contribution in [0, 0.1) is 5.82 Å². The van der Waals surface area contributed by atoms with Crippen LogP contribution in [0.4, 0.5) is 16.0 Å². The summed E-state index contributed by atoms with van der Waals surface area (Å²) in [5, 5.41) is 14.0. The number of anilines is 2. The highest BCUT2D eigenvalue weighted by atomic mass is 35.5. The second kappa shape index (κ2) is 9.26. The SMILES string of the molecule is O=c1ocnn1[C@]1(Cc2cncc(Nc3cc[nH]n3)n2)CC[C@@H](Oc2cccc(Cl)c2F)CC1. The third-order valence-corrected chi connectivity index (χ3v) is 6.25. The van der Waals surface area contributed by atoms with Gasteiger partial charge in [0.2, 0.25) is 6.39 Å². The molecule has 12 heteroatoms. The molecule has 3 aromatic heterocycles. The van der Waals surface area contributed by atoms with Gasteiger partial charge in [-0.3, -0.25) is 10.1 Å². The maximum absolute atomic E-state index is 14.3. The van der Waals surface area contributed by atoms with Gasteiger partial charge < -0.3 is 14.5 Å². The van der Waals surface area contributed by atoms with Crippen molar-refractivity contribution in [1.29, 1.82) is 0 Å². The van der Waals surface area contributed by atoms with E-state index in [1.165, 1.54) is 10.7 Å². The van der Waals surface area contributed by atoms with Crippen LogP contribution in [0.3, 0.4) is 0 Å². The van der Waals surface area contributed by atoms with Crippen LogP contribution in [0.15, 0.2) is 58.5 Å². The molecule has 0 spiro atoms. The van der Waals surface area contributed by atoms with Crippen LogP contribution in [0.1, 0.15) is 31.4 Å². The molecule has 176 valence electrons. The van der Waals surface area contributed by atoms with Crippen LogP contribution in [-0.4, -0.2) is 36.0 Å². The van der Waals surface area contributed by atoms with Crippen molar-refractivity contribution >= 4 is 23.2 Å². The van der Waals surface area contributed by atoms with Crippen molar-refractivity contribution in [3.05, 3.63) is 76.3 Å². The summed E-state index contributed by atoms with van der Waals surface area (Å²) in [5.41, 5.74) is -0.00750. The lowest BCUT2D eigenvalue weighted by Gasteiger charge is -2.39. The predicted octanol–water partition coefficient (Wildman–Crippen LogP) is 3.85. The number of aromatic nitrogens is 6. The lowest BCUT2D eigenvalue weighted by atomic mass is 9.77. The molecule has 0 aliphatic heterocycles. The number of halogens is 2. The number of nitrogens with zero attached hydrogens (tertiary/aromatic N) is 5. The summed E-state index contributed by atoms with van der Waals surface area (Å²) in [6.07, 6.45) is 8.49. The molecule has 1 aromatic carbocycles. The third-order valence-electron chi connectivity index (χ3n) is 5.96. The fraction of sp³-hybridized carbons (Fsp3) is 0.318. The standard InChI is InChI=1S/C22H21ClFN7O3/c23-16-2-1-3-17(20(16)24)34-15-4-7-22(8-5-15,31-21(32)33-13-27-31)10-14-11-25-12-19(28-14)29-18-6-9-26-30-18/h1-3,6,9,11-13,15H,4-5,7-8,10H2,(H2,26,28,29,30)/t15-,22-. The van der Waals surface area contributed by atoms with Crippen molar-refractivity contribution in [1.82, 2.24) is 29.9 Å². The van der Waals surface area contributed by atoms with Gasteiger partial charge >= 0.3 is 5.76 Å². The first-order valence-corrected chi connectivity index (χ1v) is 11.1. The van der Waals surface area contributed by atoms with Gasteiger partial charge in [-0.25, -0.2) is 14.2 Å². The zero-order valence-electron chi connectivity index (χ0n) is 17.9. The van der Waals surface area contributed by atoms with E-state index < -0.39 is 17.1 Å². The molecule has 1 saturated carbocycles. The van der Waals surface area contributed by atoms with Crippen molar-refractivity contribution in [3.8, 4) is 5.75 Å². The van der Waals surface area contributed by atoms with E-state index in [2.05, 4.69) is 30.6 Å². The molecule has 1 fully saturated rings. The van der Waals surface area contributed by atoms with Crippen LogP contribution < -0.4 is 15.8 Å². The van der Waals surface area contributed by atoms with E-state index in [1.54, 1.807) is 36.8 Å². The molecule has 0 saturated heterocycles. The number of benzene rings is 1. The summed E-state index contributed by atoms with van der Waals surface area (Å²) in [5.74, 6) is 0.136. The first kappa shape index (κ1) is 22.1. The minimum absolute atomic E-state index is 0.0127. The number of aromatic amines is 1. The molecule has 3 heterocycles. The summed E-state index contributed by atoms with van der Waals surface area (Å²) < 4.78 is 26.5. The molecular formula is C22H21ClFN7O3. The number of ether oxygens (including phenoxy) is 1. The first-order chi connectivity index (χ1) is 16.5. The number of hydrogen-bond acceptors (Lipinski definition) is 8. The van der Waals surface area contributed by atoms with Crippen molar-refractivity contribution in [2.24, 2.45) is 0 Å². The second-order valence-electron chi connectivity index (χ2n) is 8.17. The Kier molecular flexibility index (Phi) is 6.01. The molecule has 4 aromatic rings. The molecule has 1 aliphatic rings. The molecule has 34 heavy (non-hydrogen) atoms. The Balaban J connectivity index is 1.36. The Morgan fingerprint density at radius 1 is 1.26 bits per heavy atom. The van der Waals surface area contributed by atoms with Crippen LogP contribution in [0.25, 0.3) is 0 Å². The lowest BCUT2D eigenvalue weighted by Crippen LogP contribution is -2.47. The van der Waals surface area contributed by atoms with Gasteiger partial charge in [0, 0.05) is 24.9 Å². The van der Waals surface area contributed by atoms with E-state index >= 15 is 0 Å². The largest absolute Gasteiger partial charge is 0.487 e. The number of H-pyrrole nitrogens is 1. The lowest BCUT2D eigenvalue weighted by molar-refractivity contribution is 0.0691. The molecule has 0 amide bonds. The summed E-state index contributed by atoms with van der Waals surface area (Å²) in [6, 6.07) is 6.45. The topological polar surface area (TPSA) is 124 Å². The zero-order chi connectivity index (χ0) is 23.5. The number of nitrogens with one attached hydrogen (secondary N) is 2. The normalized spacial score (nSPS) is 20.2. The molecule has 10 nitrogen and oxygen atoms in total. The summed E-state index contributed by atoms with van der Waals surface area (Å²) in [4.78, 5) is 21.3. The summed E-state index contributed by atoms with van der Waals surface area (Å²) in [7, 11) is 0. The maximum Gasteiger partial charge on any atom is 0.437 e. The fourth-order valence-corrected chi connectivity index (χ4v) is 4.51. The van der Waals surface area contributed by atoms with Gasteiger partial charge in [0.15, 0.2) is 17.4 Å². The van der Waals surface area contributed by atoms with Crippen LogP contribution in [-0.2, 0) is 12.0 Å². The maximum atomic E-state index is 14.3. The third kappa shape index (κ3) is 4.51. The summed E-state index contributed by atoms with van der Waals surface area (Å²) >= 11 is 5.87. The van der Waals surface area contributed by atoms with Gasteiger partial charge in [-0.2, -0.15) is 9.78 Å². The van der Waals surface area contributed by atoms with E-state index in [-0.39, 0.29) is 16.9 Å². The van der Waals surface area contributed by atoms with Gasteiger partial charge in [0.05, 0.1) is 28.6 Å². The monoisotopic (exact) mass is 485 g/mol. The summed E-state index contributed by atoms with van der Waals surface area (Å²) in [6.45, 7) is 0. The van der Waals surface area contributed by atoms with Crippen molar-refractivity contribution < 1.29 is 13.5 Å². The highest BCUT2D eigenvalue weighted by Gasteiger charge is 2.41. The van der Waals surface area contributed by atoms with E-state index in [4.69, 9.17) is 20.8 Å². The molecule has 0 unspecified atom stereocenters. The molecule has 2 N–H and O–H groups in total. The van der Waals surface area contributed by atoms with E-state index in [0.29, 0.717) is 49.4 Å². The second-order valence-corrected chi connectivity index (χ2v) is 8.57. The number of rotatable bonds is 7. The van der Waals surface area contributed by atoms with Crippen molar-refractivity contribution in [2.75, 3.05) is 5.32 Å². The average molecular weight is 486 g/mol. The van der Waals surface area contributed by atoms with Gasteiger partial charge in [0.25, 0.3) is 0 Å². The quantitative estimate of drug-likeness (QED) is 0.404. The Bertz CT molecular complexity index is 1320. The van der Waals surface area contributed by atoms with E-state index in [0.717, 1.165) is 6.39 Å². The van der Waals surface area contributed by atoms with Gasteiger partial charge in [-0.05, 0) is 37.8 Å². The fourth-order valence-electron chi connectivity index (χ4n) is 4.34. The Morgan fingerprint density at radius 2 is 2.12 bits per heavy atom. The molecule has 1 aliphatic carbocycles. The van der Waals surface area contributed by atoms with Crippen LogP contribution in [0.5, 0.6) is 5.75 Å². The smallest absolute Gasteiger partial charge is 0.437 e. The average Bonchev–Trinajstić information content (AvgIpc) is 3.50. The molecule has 0 radical (unpaired) electrons.